The number of benzene rings is 1. The Bertz CT molecular complexity index is 633. The van der Waals surface area contributed by atoms with Crippen LogP contribution in [0.5, 0.6) is 5.75 Å². The smallest absolute Gasteiger partial charge is 0.275 e. The van der Waals surface area contributed by atoms with E-state index >= 15 is 0 Å². The Hall–Kier alpha value is -2.83. The maximum atomic E-state index is 11.8. The van der Waals surface area contributed by atoms with Gasteiger partial charge in [0.05, 0.1) is 13.4 Å². The summed E-state index contributed by atoms with van der Waals surface area (Å²) in [6.07, 6.45) is 1.09. The summed E-state index contributed by atoms with van der Waals surface area (Å²) in [7, 11) is 1.60. The van der Waals surface area contributed by atoms with Crippen molar-refractivity contribution in [3.63, 3.8) is 0 Å². The molecule has 7 nitrogen and oxygen atoms in total. The van der Waals surface area contributed by atoms with Gasteiger partial charge < -0.3 is 20.7 Å². The van der Waals surface area contributed by atoms with E-state index in [1.807, 2.05) is 24.3 Å². The number of carbonyl (C=O) groups excluding carboxylic acids is 1. The fraction of sp³-hybridized carbons (Fsp3) is 0.154. The number of ether oxygens (including phenoxy) is 1. The second-order valence-electron chi connectivity index (χ2n) is 4.32. The minimum absolute atomic E-state index is 0.0410. The number of amides is 1. The third-order valence-electron chi connectivity index (χ3n) is 3.11. The molecule has 2 aliphatic rings. The third kappa shape index (κ3) is 1.99. The fourth-order valence-electron chi connectivity index (χ4n) is 2.07. The molecular weight excluding hydrogens is 258 g/mol. The quantitative estimate of drug-likeness (QED) is 0.619. The van der Waals surface area contributed by atoms with Gasteiger partial charge in [-0.1, -0.05) is 12.1 Å². The summed E-state index contributed by atoms with van der Waals surface area (Å²) in [6.45, 7) is 0. The Morgan fingerprint density at radius 1 is 1.25 bits per heavy atom. The van der Waals surface area contributed by atoms with Crippen molar-refractivity contribution in [1.29, 1.82) is 5.41 Å². The molecule has 1 unspecified atom stereocenters. The molecule has 0 fully saturated rings. The monoisotopic (exact) mass is 271 g/mol. The van der Waals surface area contributed by atoms with Crippen LogP contribution in [0.4, 0.5) is 0 Å². The second-order valence-corrected chi connectivity index (χ2v) is 4.32. The Morgan fingerprint density at radius 2 is 2.00 bits per heavy atom. The topological polar surface area (TPSA) is 98.6 Å². The fourth-order valence-corrected chi connectivity index (χ4v) is 2.07. The van der Waals surface area contributed by atoms with Gasteiger partial charge in [-0.15, -0.1) is 0 Å². The molecule has 2 aliphatic heterocycles. The average Bonchev–Trinajstić information content (AvgIpc) is 2.66. The minimum Gasteiger partial charge on any atom is -0.497 e. The lowest BCUT2D eigenvalue weighted by atomic mass is 10.1. The molecule has 1 aromatic carbocycles. The average molecular weight is 271 g/mol. The lowest BCUT2D eigenvalue weighted by Crippen LogP contribution is -2.29. The summed E-state index contributed by atoms with van der Waals surface area (Å²) in [5.41, 5.74) is 1.63. The van der Waals surface area contributed by atoms with E-state index < -0.39 is 6.17 Å². The van der Waals surface area contributed by atoms with Crippen molar-refractivity contribution in [3.05, 3.63) is 41.2 Å². The van der Waals surface area contributed by atoms with E-state index in [2.05, 4.69) is 20.9 Å². The normalized spacial score (nSPS) is 20.8. The van der Waals surface area contributed by atoms with Crippen molar-refractivity contribution < 1.29 is 9.53 Å². The van der Waals surface area contributed by atoms with E-state index in [4.69, 9.17) is 10.1 Å². The van der Waals surface area contributed by atoms with Crippen LogP contribution < -0.4 is 20.7 Å². The Labute approximate surface area is 115 Å². The van der Waals surface area contributed by atoms with Gasteiger partial charge in [0, 0.05) is 0 Å². The van der Waals surface area contributed by atoms with E-state index in [9.17, 15) is 4.79 Å². The highest BCUT2D eigenvalue weighted by atomic mass is 16.5. The van der Waals surface area contributed by atoms with E-state index in [1.54, 1.807) is 7.11 Å². The van der Waals surface area contributed by atoms with Crippen LogP contribution in [0.25, 0.3) is 0 Å². The summed E-state index contributed by atoms with van der Waals surface area (Å²) in [4.78, 5) is 16.1. The molecule has 0 saturated carbocycles. The van der Waals surface area contributed by atoms with Gasteiger partial charge in [0.25, 0.3) is 5.91 Å². The molecule has 0 aromatic heterocycles. The van der Waals surface area contributed by atoms with Crippen LogP contribution in [0.1, 0.15) is 11.7 Å². The molecule has 0 bridgehead atoms. The van der Waals surface area contributed by atoms with Crippen molar-refractivity contribution in [1.82, 2.24) is 16.0 Å². The maximum Gasteiger partial charge on any atom is 0.275 e. The van der Waals surface area contributed by atoms with Gasteiger partial charge in [-0.3, -0.25) is 10.2 Å². The van der Waals surface area contributed by atoms with E-state index in [-0.39, 0.29) is 11.7 Å². The lowest BCUT2D eigenvalue weighted by Gasteiger charge is -2.15. The zero-order valence-corrected chi connectivity index (χ0v) is 10.7. The second kappa shape index (κ2) is 4.69. The number of carbonyl (C=O) groups is 1. The molecule has 1 amide bonds. The standard InChI is InChI=1S/C13H13N5O2/c1-20-8-4-2-7(3-5-8)12-16-6-15-9-10(17-12)13(19)18-11(9)14/h2-6,12,17H,1H3,(H,15,16)(H2,14,18,19). The molecule has 1 aromatic rings. The highest BCUT2D eigenvalue weighted by molar-refractivity contribution is 6.20. The first-order valence-electron chi connectivity index (χ1n) is 6.02. The Morgan fingerprint density at radius 3 is 2.70 bits per heavy atom. The molecule has 102 valence electrons. The number of hydrogen-bond acceptors (Lipinski definition) is 6. The van der Waals surface area contributed by atoms with E-state index in [0.717, 1.165) is 11.3 Å². The largest absolute Gasteiger partial charge is 0.497 e. The summed E-state index contributed by atoms with van der Waals surface area (Å²) in [5, 5.41) is 16.0. The predicted molar refractivity (Wildman–Crippen MR) is 73.4 cm³/mol. The zero-order chi connectivity index (χ0) is 14.1. The molecule has 7 heteroatoms. The van der Waals surface area contributed by atoms with Crippen molar-refractivity contribution in [2.24, 2.45) is 4.99 Å². The number of aliphatic imine (C=N–C) groups is 1. The van der Waals surface area contributed by atoms with Crippen LogP contribution in [-0.4, -0.2) is 25.2 Å². The van der Waals surface area contributed by atoms with E-state index in [0.29, 0.717) is 11.4 Å². The van der Waals surface area contributed by atoms with Gasteiger partial charge in [0.1, 0.15) is 23.3 Å². The van der Waals surface area contributed by atoms with Gasteiger partial charge in [-0.05, 0) is 17.7 Å². The first kappa shape index (κ1) is 12.2. The number of amidine groups is 1. The molecule has 3 rings (SSSR count). The number of methoxy groups -OCH3 is 1. The van der Waals surface area contributed by atoms with Crippen LogP contribution in [-0.2, 0) is 4.79 Å². The molecule has 4 N–H and O–H groups in total. The highest BCUT2D eigenvalue weighted by Crippen LogP contribution is 2.22. The summed E-state index contributed by atoms with van der Waals surface area (Å²) < 4.78 is 5.11. The molecule has 0 aliphatic carbocycles. The lowest BCUT2D eigenvalue weighted by molar-refractivity contribution is -0.116. The Balaban J connectivity index is 1.90. The molecule has 0 spiro atoms. The summed E-state index contributed by atoms with van der Waals surface area (Å²) in [6, 6.07) is 7.41. The highest BCUT2D eigenvalue weighted by Gasteiger charge is 2.30. The molecular formula is C13H13N5O2. The molecule has 20 heavy (non-hydrogen) atoms. The van der Waals surface area contributed by atoms with Crippen molar-refractivity contribution in [2.45, 2.75) is 6.17 Å². The van der Waals surface area contributed by atoms with Gasteiger partial charge in [-0.25, -0.2) is 4.99 Å². The van der Waals surface area contributed by atoms with Crippen molar-refractivity contribution in [3.8, 4) is 5.75 Å². The van der Waals surface area contributed by atoms with Gasteiger partial charge in [0.2, 0.25) is 0 Å². The number of nitrogens with one attached hydrogen (secondary N) is 4. The molecule has 1 atom stereocenters. The molecule has 2 heterocycles. The van der Waals surface area contributed by atoms with Gasteiger partial charge in [-0.2, -0.15) is 0 Å². The SMILES string of the molecule is COc1ccc(C2N=CNC3=C(N2)C(=O)NC3=N)cc1. The number of hydrogen-bond donors (Lipinski definition) is 4. The minimum atomic E-state index is -0.391. The first-order chi connectivity index (χ1) is 9.69. The van der Waals surface area contributed by atoms with Crippen LogP contribution in [0.3, 0.4) is 0 Å². The zero-order valence-electron chi connectivity index (χ0n) is 10.7. The first-order valence-corrected chi connectivity index (χ1v) is 6.02. The van der Waals surface area contributed by atoms with Gasteiger partial charge >= 0.3 is 0 Å². The Kier molecular flexibility index (Phi) is 2.86. The summed E-state index contributed by atoms with van der Waals surface area (Å²) >= 11 is 0. The molecule has 0 saturated heterocycles. The summed E-state index contributed by atoms with van der Waals surface area (Å²) in [5.74, 6) is 0.464. The van der Waals surface area contributed by atoms with Crippen LogP contribution >= 0.6 is 0 Å². The van der Waals surface area contributed by atoms with Crippen molar-refractivity contribution >= 4 is 18.1 Å². The van der Waals surface area contributed by atoms with Crippen LogP contribution in [0, 0.1) is 5.41 Å². The third-order valence-corrected chi connectivity index (χ3v) is 3.11. The van der Waals surface area contributed by atoms with Crippen molar-refractivity contribution in [2.75, 3.05) is 7.11 Å². The number of rotatable bonds is 2. The van der Waals surface area contributed by atoms with Crippen LogP contribution in [0.2, 0.25) is 0 Å². The number of nitrogens with zero attached hydrogens (tertiary/aromatic N) is 1. The predicted octanol–water partition coefficient (Wildman–Crippen LogP) is 0.234. The van der Waals surface area contributed by atoms with Gasteiger partial charge in [0.15, 0.2) is 5.84 Å². The van der Waals surface area contributed by atoms with E-state index in [1.165, 1.54) is 6.34 Å². The molecule has 0 radical (unpaired) electrons. The maximum absolute atomic E-state index is 11.8. The van der Waals surface area contributed by atoms with Crippen LogP contribution in [0.15, 0.2) is 40.7 Å².